The lowest BCUT2D eigenvalue weighted by Crippen LogP contribution is -2.13. The Morgan fingerprint density at radius 3 is 2.93 bits per heavy atom. The first-order chi connectivity index (χ1) is 7.26. The summed E-state index contributed by atoms with van der Waals surface area (Å²) in [6.45, 7) is 5.38. The van der Waals surface area contributed by atoms with Crippen molar-refractivity contribution in [1.82, 2.24) is 9.78 Å². The van der Waals surface area contributed by atoms with Gasteiger partial charge in [-0.25, -0.2) is 4.68 Å². The maximum atomic E-state index is 6.13. The van der Waals surface area contributed by atoms with Crippen molar-refractivity contribution in [3.63, 3.8) is 0 Å². The summed E-state index contributed by atoms with van der Waals surface area (Å²) in [5.74, 6) is 1.74. The van der Waals surface area contributed by atoms with Gasteiger partial charge in [0.1, 0.15) is 5.82 Å². The molecule has 0 saturated heterocycles. The quantitative estimate of drug-likeness (QED) is 0.827. The first kappa shape index (κ1) is 10.5. The van der Waals surface area contributed by atoms with Crippen molar-refractivity contribution in [3.8, 4) is 0 Å². The first-order valence-electron chi connectivity index (χ1n) is 6.10. The van der Waals surface area contributed by atoms with E-state index in [0.29, 0.717) is 0 Å². The van der Waals surface area contributed by atoms with Crippen molar-refractivity contribution < 1.29 is 0 Å². The summed E-state index contributed by atoms with van der Waals surface area (Å²) in [6.07, 6.45) is 5.90. The molecule has 0 saturated carbocycles. The van der Waals surface area contributed by atoms with Gasteiger partial charge >= 0.3 is 0 Å². The van der Waals surface area contributed by atoms with Crippen LogP contribution < -0.4 is 5.73 Å². The molecule has 0 bridgehead atoms. The van der Waals surface area contributed by atoms with Crippen LogP contribution in [0.5, 0.6) is 0 Å². The van der Waals surface area contributed by atoms with Crippen LogP contribution in [0.4, 0.5) is 5.82 Å². The minimum absolute atomic E-state index is 0.819. The lowest BCUT2D eigenvalue weighted by atomic mass is 9.86. The van der Waals surface area contributed by atoms with Gasteiger partial charge in [-0.3, -0.25) is 0 Å². The molecule has 1 aromatic heterocycles. The van der Waals surface area contributed by atoms with Gasteiger partial charge in [-0.2, -0.15) is 5.10 Å². The molecular formula is C12H21N3. The van der Waals surface area contributed by atoms with Crippen molar-refractivity contribution in [2.24, 2.45) is 5.92 Å². The lowest BCUT2D eigenvalue weighted by Gasteiger charge is -2.19. The second kappa shape index (κ2) is 4.25. The Kier molecular flexibility index (Phi) is 2.98. The molecule has 0 spiro atoms. The van der Waals surface area contributed by atoms with Crippen molar-refractivity contribution in [1.29, 1.82) is 0 Å². The Morgan fingerprint density at radius 2 is 2.27 bits per heavy atom. The molecule has 1 aliphatic carbocycles. The van der Waals surface area contributed by atoms with E-state index in [2.05, 4.69) is 18.9 Å². The van der Waals surface area contributed by atoms with Gasteiger partial charge < -0.3 is 5.73 Å². The predicted octanol–water partition coefficient (Wildman–Crippen LogP) is 2.39. The summed E-state index contributed by atoms with van der Waals surface area (Å²) in [4.78, 5) is 0. The number of nitrogen functional groups attached to an aromatic ring is 1. The molecule has 0 fully saturated rings. The maximum Gasteiger partial charge on any atom is 0.125 e. The van der Waals surface area contributed by atoms with E-state index in [-0.39, 0.29) is 0 Å². The van der Waals surface area contributed by atoms with Crippen LogP contribution in [0.1, 0.15) is 44.4 Å². The van der Waals surface area contributed by atoms with E-state index >= 15 is 0 Å². The molecule has 2 N–H and O–H groups in total. The van der Waals surface area contributed by atoms with E-state index in [1.165, 1.54) is 24.1 Å². The summed E-state index contributed by atoms with van der Waals surface area (Å²) in [5, 5.41) is 4.60. The van der Waals surface area contributed by atoms with Gasteiger partial charge in [0.2, 0.25) is 0 Å². The van der Waals surface area contributed by atoms with E-state index < -0.39 is 0 Å². The largest absolute Gasteiger partial charge is 0.384 e. The Hall–Kier alpha value is -0.990. The van der Waals surface area contributed by atoms with Gasteiger partial charge in [-0.05, 0) is 31.6 Å². The third kappa shape index (κ3) is 1.87. The van der Waals surface area contributed by atoms with Crippen LogP contribution in [0.25, 0.3) is 0 Å². The van der Waals surface area contributed by atoms with E-state index in [4.69, 9.17) is 5.73 Å². The number of aryl methyl sites for hydroxylation is 2. The van der Waals surface area contributed by atoms with Crippen molar-refractivity contribution in [3.05, 3.63) is 11.3 Å². The smallest absolute Gasteiger partial charge is 0.125 e. The number of nitrogens with two attached hydrogens (primary N) is 1. The van der Waals surface area contributed by atoms with Crippen molar-refractivity contribution in [2.75, 3.05) is 5.73 Å². The molecule has 84 valence electrons. The maximum absolute atomic E-state index is 6.13. The zero-order valence-electron chi connectivity index (χ0n) is 9.79. The molecule has 3 nitrogen and oxygen atoms in total. The molecule has 15 heavy (non-hydrogen) atoms. The zero-order chi connectivity index (χ0) is 10.8. The Morgan fingerprint density at radius 1 is 1.47 bits per heavy atom. The number of anilines is 1. The number of rotatable bonds is 3. The van der Waals surface area contributed by atoms with Crippen LogP contribution >= 0.6 is 0 Å². The number of fused-ring (bicyclic) bond motifs is 1. The van der Waals surface area contributed by atoms with Crippen LogP contribution in [0, 0.1) is 5.92 Å². The number of nitrogens with zero attached hydrogens (tertiary/aromatic N) is 2. The van der Waals surface area contributed by atoms with Crippen LogP contribution in [0.2, 0.25) is 0 Å². The predicted molar refractivity (Wildman–Crippen MR) is 62.7 cm³/mol. The zero-order valence-corrected chi connectivity index (χ0v) is 9.79. The van der Waals surface area contributed by atoms with Crippen LogP contribution in [0.3, 0.4) is 0 Å². The number of hydrogen-bond acceptors (Lipinski definition) is 2. The molecule has 1 aromatic rings. The molecule has 0 aliphatic heterocycles. The number of hydrogen-bond donors (Lipinski definition) is 1. The third-order valence-electron chi connectivity index (χ3n) is 3.47. The van der Waals surface area contributed by atoms with Crippen LogP contribution in [0.15, 0.2) is 0 Å². The summed E-state index contributed by atoms with van der Waals surface area (Å²) >= 11 is 0. The first-order valence-corrected chi connectivity index (χ1v) is 6.10. The van der Waals surface area contributed by atoms with Crippen LogP contribution in [-0.4, -0.2) is 9.78 Å². The average Bonchev–Trinajstić information content (AvgIpc) is 2.56. The highest BCUT2D eigenvalue weighted by molar-refractivity contribution is 5.45. The minimum Gasteiger partial charge on any atom is -0.384 e. The molecule has 1 heterocycles. The normalized spacial score (nSPS) is 20.3. The second-order valence-corrected chi connectivity index (χ2v) is 4.55. The van der Waals surface area contributed by atoms with Gasteiger partial charge in [0, 0.05) is 12.1 Å². The molecule has 2 rings (SSSR count). The monoisotopic (exact) mass is 207 g/mol. The molecule has 0 amide bonds. The van der Waals surface area contributed by atoms with Crippen LogP contribution in [-0.2, 0) is 19.4 Å². The van der Waals surface area contributed by atoms with Gasteiger partial charge in [0.15, 0.2) is 0 Å². The van der Waals surface area contributed by atoms with Gasteiger partial charge in [0.25, 0.3) is 0 Å². The standard InChI is InChI=1S/C12H21N3/c1-3-7-15-12(13)10-8-9(4-2)5-6-11(10)14-15/h9H,3-8,13H2,1-2H3. The molecule has 0 aromatic carbocycles. The van der Waals surface area contributed by atoms with E-state index in [0.717, 1.165) is 37.5 Å². The molecular weight excluding hydrogens is 186 g/mol. The summed E-state index contributed by atoms with van der Waals surface area (Å²) in [5.41, 5.74) is 8.72. The van der Waals surface area contributed by atoms with E-state index in [1.54, 1.807) is 0 Å². The molecule has 0 radical (unpaired) electrons. The Labute approximate surface area is 91.7 Å². The summed E-state index contributed by atoms with van der Waals surface area (Å²) in [6, 6.07) is 0. The van der Waals surface area contributed by atoms with Crippen molar-refractivity contribution >= 4 is 5.82 Å². The SMILES string of the molecule is CCCn1nc2c(c1N)CC(CC)CC2. The topological polar surface area (TPSA) is 43.8 Å². The highest BCUT2D eigenvalue weighted by Crippen LogP contribution is 2.30. The molecule has 1 unspecified atom stereocenters. The average molecular weight is 207 g/mol. The van der Waals surface area contributed by atoms with Gasteiger partial charge in [-0.15, -0.1) is 0 Å². The van der Waals surface area contributed by atoms with Gasteiger partial charge in [0.05, 0.1) is 5.69 Å². The molecule has 1 atom stereocenters. The minimum atomic E-state index is 0.819. The molecule has 1 aliphatic rings. The Balaban J connectivity index is 2.25. The third-order valence-corrected chi connectivity index (χ3v) is 3.47. The highest BCUT2D eigenvalue weighted by Gasteiger charge is 2.23. The van der Waals surface area contributed by atoms with Crippen molar-refractivity contribution in [2.45, 2.75) is 52.5 Å². The van der Waals surface area contributed by atoms with Gasteiger partial charge in [-0.1, -0.05) is 20.3 Å². The van der Waals surface area contributed by atoms with E-state index in [1.807, 2.05) is 4.68 Å². The molecule has 3 heteroatoms. The fourth-order valence-corrected chi connectivity index (χ4v) is 2.45. The number of aromatic nitrogens is 2. The van der Waals surface area contributed by atoms with E-state index in [9.17, 15) is 0 Å². The lowest BCUT2D eigenvalue weighted by molar-refractivity contribution is 0.442. The fourth-order valence-electron chi connectivity index (χ4n) is 2.45. The summed E-state index contributed by atoms with van der Waals surface area (Å²) in [7, 11) is 0. The Bertz CT molecular complexity index is 341. The summed E-state index contributed by atoms with van der Waals surface area (Å²) < 4.78 is 1.99. The highest BCUT2D eigenvalue weighted by atomic mass is 15.3. The second-order valence-electron chi connectivity index (χ2n) is 4.55. The fraction of sp³-hybridized carbons (Fsp3) is 0.750.